The predicted octanol–water partition coefficient (Wildman–Crippen LogP) is 4.13. The van der Waals surface area contributed by atoms with E-state index < -0.39 is 24.4 Å². The van der Waals surface area contributed by atoms with Crippen molar-refractivity contribution in [1.82, 2.24) is 0 Å². The molecule has 4 atom stereocenters. The van der Waals surface area contributed by atoms with E-state index in [1.54, 1.807) is 0 Å². The van der Waals surface area contributed by atoms with Gasteiger partial charge >= 0.3 is 0 Å². The predicted molar refractivity (Wildman–Crippen MR) is 113 cm³/mol. The van der Waals surface area contributed by atoms with Gasteiger partial charge < -0.3 is 24.8 Å². The lowest BCUT2D eigenvalue weighted by Crippen LogP contribution is -2.42. The summed E-state index contributed by atoms with van der Waals surface area (Å²) in [5.74, 6) is 0. The zero-order valence-corrected chi connectivity index (χ0v) is 17.9. The SMILES string of the molecule is CCCCCCCCCCC/C=C/CCCCO[C@@H]1[C@H]([C@H](O)CO)OC[C@@H]1O. The first kappa shape index (κ1) is 25.6. The van der Waals surface area contributed by atoms with Crippen molar-refractivity contribution in [3.05, 3.63) is 12.2 Å². The molecular weight excluding hydrogens is 356 g/mol. The van der Waals surface area contributed by atoms with Crippen molar-refractivity contribution in [2.75, 3.05) is 19.8 Å². The van der Waals surface area contributed by atoms with Crippen LogP contribution in [0, 0.1) is 0 Å². The third kappa shape index (κ3) is 11.5. The van der Waals surface area contributed by atoms with E-state index in [1.807, 2.05) is 0 Å². The minimum absolute atomic E-state index is 0.147. The molecule has 0 bridgehead atoms. The normalized spacial score (nSPS) is 23.6. The molecule has 0 aromatic rings. The maximum absolute atomic E-state index is 9.88. The van der Waals surface area contributed by atoms with Crippen LogP contribution in [0.2, 0.25) is 0 Å². The van der Waals surface area contributed by atoms with Crippen molar-refractivity contribution in [1.29, 1.82) is 0 Å². The average Bonchev–Trinajstić information content (AvgIpc) is 3.07. The molecule has 0 aromatic heterocycles. The largest absolute Gasteiger partial charge is 0.394 e. The van der Waals surface area contributed by atoms with Gasteiger partial charge in [0.2, 0.25) is 0 Å². The fraction of sp³-hybridized carbons (Fsp3) is 0.913. The Bertz CT molecular complexity index is 374. The van der Waals surface area contributed by atoms with E-state index >= 15 is 0 Å². The zero-order valence-electron chi connectivity index (χ0n) is 17.9. The molecular formula is C23H44O5. The standard InChI is InChI=1S/C23H44O5/c1-2-3-4-5-6-7-8-9-10-11-12-13-14-15-16-17-27-23-21(26)19-28-22(23)20(25)18-24/h12-13,20-26H,2-11,14-19H2,1H3/b13-12+/t20-,21+,22+,23+/m1/s1. The van der Waals surface area contributed by atoms with Gasteiger partial charge in [-0.1, -0.05) is 70.4 Å². The molecule has 0 spiro atoms. The van der Waals surface area contributed by atoms with E-state index in [4.69, 9.17) is 14.6 Å². The van der Waals surface area contributed by atoms with Gasteiger partial charge in [-0.25, -0.2) is 0 Å². The van der Waals surface area contributed by atoms with Gasteiger partial charge in [-0.2, -0.15) is 0 Å². The minimum atomic E-state index is -1.01. The Balaban J connectivity index is 1.90. The minimum Gasteiger partial charge on any atom is -0.394 e. The molecule has 0 aromatic carbocycles. The summed E-state index contributed by atoms with van der Waals surface area (Å²) in [7, 11) is 0. The summed E-state index contributed by atoms with van der Waals surface area (Å²) in [6.07, 6.45) is 18.2. The highest BCUT2D eigenvalue weighted by atomic mass is 16.6. The van der Waals surface area contributed by atoms with E-state index in [9.17, 15) is 10.2 Å². The fourth-order valence-electron chi connectivity index (χ4n) is 3.65. The lowest BCUT2D eigenvalue weighted by molar-refractivity contribution is -0.0937. The van der Waals surface area contributed by atoms with Crippen molar-refractivity contribution < 1.29 is 24.8 Å². The van der Waals surface area contributed by atoms with Crippen molar-refractivity contribution in [3.8, 4) is 0 Å². The summed E-state index contributed by atoms with van der Waals surface area (Å²) >= 11 is 0. The molecule has 166 valence electrons. The molecule has 1 aliphatic heterocycles. The lowest BCUT2D eigenvalue weighted by Gasteiger charge is -2.23. The Morgan fingerprint density at radius 2 is 1.50 bits per heavy atom. The van der Waals surface area contributed by atoms with Gasteiger partial charge in [-0.3, -0.25) is 0 Å². The zero-order chi connectivity index (χ0) is 20.5. The summed E-state index contributed by atoms with van der Waals surface area (Å²) < 4.78 is 11.0. The number of unbranched alkanes of at least 4 members (excludes halogenated alkanes) is 11. The van der Waals surface area contributed by atoms with E-state index in [0.29, 0.717) is 6.61 Å². The van der Waals surface area contributed by atoms with E-state index in [2.05, 4.69) is 19.1 Å². The molecule has 1 fully saturated rings. The fourth-order valence-corrected chi connectivity index (χ4v) is 3.65. The van der Waals surface area contributed by atoms with E-state index in [1.165, 1.54) is 64.2 Å². The number of hydrogen-bond donors (Lipinski definition) is 3. The lowest BCUT2D eigenvalue weighted by atomic mass is 10.1. The molecule has 1 heterocycles. The number of rotatable bonds is 18. The van der Waals surface area contributed by atoms with Crippen LogP contribution in [-0.4, -0.2) is 59.6 Å². The quantitative estimate of drug-likeness (QED) is 0.238. The summed E-state index contributed by atoms with van der Waals surface area (Å²) in [6.45, 7) is 2.56. The summed E-state index contributed by atoms with van der Waals surface area (Å²) in [4.78, 5) is 0. The van der Waals surface area contributed by atoms with Crippen molar-refractivity contribution in [3.63, 3.8) is 0 Å². The van der Waals surface area contributed by atoms with Crippen LogP contribution in [-0.2, 0) is 9.47 Å². The summed E-state index contributed by atoms with van der Waals surface area (Å²) in [5, 5.41) is 28.6. The van der Waals surface area contributed by atoms with Crippen LogP contribution in [0.5, 0.6) is 0 Å². The summed E-state index contributed by atoms with van der Waals surface area (Å²) in [5.41, 5.74) is 0. The Hall–Kier alpha value is -0.460. The van der Waals surface area contributed by atoms with E-state index in [0.717, 1.165) is 19.3 Å². The second-order valence-electron chi connectivity index (χ2n) is 8.03. The maximum Gasteiger partial charge on any atom is 0.114 e. The molecule has 5 heteroatoms. The number of aliphatic hydroxyl groups is 3. The topological polar surface area (TPSA) is 79.2 Å². The first-order valence-corrected chi connectivity index (χ1v) is 11.6. The maximum atomic E-state index is 9.88. The molecule has 3 N–H and O–H groups in total. The van der Waals surface area contributed by atoms with Crippen LogP contribution >= 0.6 is 0 Å². The van der Waals surface area contributed by atoms with E-state index in [-0.39, 0.29) is 13.2 Å². The first-order chi connectivity index (χ1) is 13.7. The van der Waals surface area contributed by atoms with Gasteiger partial charge in [0.25, 0.3) is 0 Å². The number of allylic oxidation sites excluding steroid dienone is 2. The van der Waals surface area contributed by atoms with Crippen LogP contribution in [0.1, 0.15) is 90.4 Å². The number of aliphatic hydroxyl groups excluding tert-OH is 3. The molecule has 1 aliphatic rings. The van der Waals surface area contributed by atoms with Gasteiger partial charge in [0.15, 0.2) is 0 Å². The average molecular weight is 401 g/mol. The van der Waals surface area contributed by atoms with Crippen molar-refractivity contribution in [2.45, 2.75) is 115 Å². The van der Waals surface area contributed by atoms with Crippen LogP contribution in [0.4, 0.5) is 0 Å². The van der Waals surface area contributed by atoms with Crippen LogP contribution < -0.4 is 0 Å². The molecule has 5 nitrogen and oxygen atoms in total. The smallest absolute Gasteiger partial charge is 0.114 e. The molecule has 0 radical (unpaired) electrons. The molecule has 0 aliphatic carbocycles. The van der Waals surface area contributed by atoms with Crippen molar-refractivity contribution in [2.24, 2.45) is 0 Å². The highest BCUT2D eigenvalue weighted by Gasteiger charge is 2.40. The third-order valence-electron chi connectivity index (χ3n) is 5.45. The molecule has 1 rings (SSSR count). The molecule has 1 saturated heterocycles. The van der Waals surface area contributed by atoms with Gasteiger partial charge in [0.05, 0.1) is 13.2 Å². The second-order valence-corrected chi connectivity index (χ2v) is 8.03. The van der Waals surface area contributed by atoms with Gasteiger partial charge in [-0.15, -0.1) is 0 Å². The summed E-state index contributed by atoms with van der Waals surface area (Å²) in [6, 6.07) is 0. The highest BCUT2D eigenvalue weighted by Crippen LogP contribution is 2.21. The number of hydrogen-bond acceptors (Lipinski definition) is 5. The van der Waals surface area contributed by atoms with Gasteiger partial charge in [-0.05, 0) is 32.1 Å². The monoisotopic (exact) mass is 400 g/mol. The first-order valence-electron chi connectivity index (χ1n) is 11.6. The number of ether oxygens (including phenoxy) is 2. The van der Waals surface area contributed by atoms with Crippen LogP contribution in [0.25, 0.3) is 0 Å². The highest BCUT2D eigenvalue weighted by molar-refractivity contribution is 4.89. The Morgan fingerprint density at radius 1 is 0.929 bits per heavy atom. The van der Waals surface area contributed by atoms with Crippen LogP contribution in [0.3, 0.4) is 0 Å². The molecule has 0 amide bonds. The Morgan fingerprint density at radius 3 is 2.11 bits per heavy atom. The van der Waals surface area contributed by atoms with Crippen LogP contribution in [0.15, 0.2) is 12.2 Å². The Kier molecular flexibility index (Phi) is 15.9. The molecule has 0 unspecified atom stereocenters. The van der Waals surface area contributed by atoms with Gasteiger partial charge in [0.1, 0.15) is 24.4 Å². The molecule has 0 saturated carbocycles. The van der Waals surface area contributed by atoms with Gasteiger partial charge in [0, 0.05) is 6.61 Å². The molecule has 28 heavy (non-hydrogen) atoms. The third-order valence-corrected chi connectivity index (χ3v) is 5.45. The second kappa shape index (κ2) is 17.4. The Labute approximate surface area is 172 Å². The van der Waals surface area contributed by atoms with Crippen molar-refractivity contribution >= 4 is 0 Å².